The van der Waals surface area contributed by atoms with Crippen LogP contribution in [0.1, 0.15) is 25.0 Å². The van der Waals surface area contributed by atoms with E-state index >= 15 is 0 Å². The summed E-state index contributed by atoms with van der Waals surface area (Å²) in [6.07, 6.45) is -2.49. The first-order chi connectivity index (χ1) is 21.3. The lowest BCUT2D eigenvalue weighted by Crippen LogP contribution is -2.40. The van der Waals surface area contributed by atoms with Crippen LogP contribution in [0, 0.1) is 17.8 Å². The van der Waals surface area contributed by atoms with Crippen molar-refractivity contribution in [1.82, 2.24) is 9.47 Å². The topological polar surface area (TPSA) is 133 Å². The number of amides is 1. The first-order valence-electron chi connectivity index (χ1n) is 14.4. The van der Waals surface area contributed by atoms with Gasteiger partial charge in [0.15, 0.2) is 9.84 Å². The summed E-state index contributed by atoms with van der Waals surface area (Å²) in [6, 6.07) is 10.6. The molecule has 1 amide bonds. The predicted molar refractivity (Wildman–Crippen MR) is 165 cm³/mol. The van der Waals surface area contributed by atoms with Gasteiger partial charge in [-0.05, 0) is 68.1 Å². The molecule has 2 heterocycles. The Labute approximate surface area is 260 Å². The number of likely N-dealkylation sites (tertiary alicyclic amines) is 1. The summed E-state index contributed by atoms with van der Waals surface area (Å²) in [7, 11) is -2.06. The average molecular weight is 651 g/mol. The van der Waals surface area contributed by atoms with E-state index in [1.54, 1.807) is 18.2 Å². The lowest BCUT2D eigenvalue weighted by molar-refractivity contribution is -0.140. The highest BCUT2D eigenvalue weighted by molar-refractivity contribution is 7.90. The fourth-order valence-electron chi connectivity index (χ4n) is 5.36. The molecule has 244 valence electrons. The smallest absolute Gasteiger partial charge is 0.406 e. The van der Waals surface area contributed by atoms with Gasteiger partial charge in [0.05, 0.1) is 53.8 Å². The third kappa shape index (κ3) is 9.37. The summed E-state index contributed by atoms with van der Waals surface area (Å²) in [5.74, 6) is 5.78. The molecule has 3 aromatic rings. The largest absolute Gasteiger partial charge is 0.495 e. The fraction of sp³-hybridized carbons (Fsp3) is 0.452. The number of hydrogen-bond acceptors (Lipinski definition) is 8. The first kappa shape index (κ1) is 34.1. The number of carbonyl (C=O) groups is 1. The van der Waals surface area contributed by atoms with Crippen LogP contribution in [-0.4, -0.2) is 92.4 Å². The second kappa shape index (κ2) is 14.6. The van der Waals surface area contributed by atoms with Crippen molar-refractivity contribution < 1.29 is 41.3 Å². The number of benzene rings is 2. The minimum Gasteiger partial charge on any atom is -0.495 e. The van der Waals surface area contributed by atoms with Crippen LogP contribution in [0.5, 0.6) is 5.75 Å². The molecule has 45 heavy (non-hydrogen) atoms. The summed E-state index contributed by atoms with van der Waals surface area (Å²) in [6.45, 7) is 0.224. The number of aliphatic hydroxyl groups is 2. The predicted octanol–water partition coefficient (Wildman–Crippen LogP) is 3.47. The Balaban J connectivity index is 1.49. The second-order valence-electron chi connectivity index (χ2n) is 11.1. The Kier molecular flexibility index (Phi) is 11.0. The normalized spacial score (nSPS) is 15.4. The number of carbonyl (C=O) groups excluding carboxylic acids is 1. The van der Waals surface area contributed by atoms with E-state index < -0.39 is 28.7 Å². The van der Waals surface area contributed by atoms with Crippen molar-refractivity contribution in [2.75, 3.05) is 56.8 Å². The number of alkyl halides is 3. The van der Waals surface area contributed by atoms with E-state index in [2.05, 4.69) is 22.5 Å². The van der Waals surface area contributed by atoms with Crippen molar-refractivity contribution in [3.8, 4) is 17.6 Å². The number of halogens is 3. The maximum absolute atomic E-state index is 13.6. The highest BCUT2D eigenvalue weighted by atomic mass is 32.2. The van der Waals surface area contributed by atoms with Gasteiger partial charge in [-0.3, -0.25) is 4.79 Å². The molecule has 0 spiro atoms. The third-order valence-corrected chi connectivity index (χ3v) is 8.71. The Hall–Kier alpha value is -3.77. The van der Waals surface area contributed by atoms with Gasteiger partial charge in [0.1, 0.15) is 12.3 Å². The Morgan fingerprint density at radius 1 is 1.16 bits per heavy atom. The summed E-state index contributed by atoms with van der Waals surface area (Å²) < 4.78 is 70.8. The summed E-state index contributed by atoms with van der Waals surface area (Å²) in [4.78, 5) is 15.1. The van der Waals surface area contributed by atoms with E-state index in [0.717, 1.165) is 23.7 Å². The number of rotatable bonds is 11. The number of piperidine rings is 1. The highest BCUT2D eigenvalue weighted by Crippen LogP contribution is 2.31. The van der Waals surface area contributed by atoms with Gasteiger partial charge in [0.25, 0.3) is 0 Å². The molecule has 14 heteroatoms. The molecule has 1 aromatic heterocycles. The van der Waals surface area contributed by atoms with Crippen molar-refractivity contribution in [2.24, 2.45) is 5.92 Å². The van der Waals surface area contributed by atoms with E-state index in [9.17, 15) is 31.5 Å². The Morgan fingerprint density at radius 3 is 2.53 bits per heavy atom. The van der Waals surface area contributed by atoms with E-state index in [4.69, 9.17) is 9.84 Å². The molecule has 1 atom stereocenters. The average Bonchev–Trinajstić information content (AvgIpc) is 3.32. The van der Waals surface area contributed by atoms with Crippen LogP contribution in [0.25, 0.3) is 10.9 Å². The van der Waals surface area contributed by atoms with Crippen LogP contribution in [0.3, 0.4) is 0 Å². The monoisotopic (exact) mass is 650 g/mol. The van der Waals surface area contributed by atoms with E-state index in [1.165, 1.54) is 31.4 Å². The van der Waals surface area contributed by atoms with Crippen LogP contribution < -0.4 is 15.4 Å². The second-order valence-corrected chi connectivity index (χ2v) is 13.1. The highest BCUT2D eigenvalue weighted by Gasteiger charge is 2.30. The fourth-order valence-corrected chi connectivity index (χ4v) is 6.00. The van der Waals surface area contributed by atoms with E-state index in [1.807, 2.05) is 4.90 Å². The van der Waals surface area contributed by atoms with Crippen LogP contribution in [0.4, 0.5) is 24.5 Å². The van der Waals surface area contributed by atoms with Gasteiger partial charge in [0, 0.05) is 30.7 Å². The molecule has 0 aliphatic carbocycles. The van der Waals surface area contributed by atoms with Crippen molar-refractivity contribution in [1.29, 1.82) is 0 Å². The number of anilines is 2. The Bertz CT molecular complexity index is 1670. The van der Waals surface area contributed by atoms with Crippen molar-refractivity contribution in [3.05, 3.63) is 48.2 Å². The van der Waals surface area contributed by atoms with Crippen LogP contribution in [-0.2, 0) is 21.2 Å². The molecule has 1 aliphatic rings. The zero-order chi connectivity index (χ0) is 32.8. The van der Waals surface area contributed by atoms with Crippen LogP contribution in [0.2, 0.25) is 0 Å². The van der Waals surface area contributed by atoms with Gasteiger partial charge in [0.2, 0.25) is 5.91 Å². The molecular formula is C31H37F3N4O6S. The van der Waals surface area contributed by atoms with Crippen molar-refractivity contribution >= 4 is 38.0 Å². The number of fused-ring (bicyclic) bond motifs is 1. The SMILES string of the molecule is COc1cc(S(C)(=O)=O)ccc1NCC#Cc1cc2c(NC(=O)CC3CCN(CC(O)CO)CC3)cccc2n1CC(F)(F)F. The quantitative estimate of drug-likeness (QED) is 0.232. The van der Waals surface area contributed by atoms with Crippen LogP contribution >= 0.6 is 0 Å². The maximum atomic E-state index is 13.6. The number of hydrogen-bond donors (Lipinski definition) is 4. The molecule has 10 nitrogen and oxygen atoms in total. The molecule has 0 radical (unpaired) electrons. The number of methoxy groups -OCH3 is 1. The van der Waals surface area contributed by atoms with Crippen LogP contribution in [0.15, 0.2) is 47.4 Å². The molecule has 0 saturated carbocycles. The number of nitrogens with zero attached hydrogens (tertiary/aromatic N) is 2. The number of ether oxygens (including phenoxy) is 1. The zero-order valence-corrected chi connectivity index (χ0v) is 25.8. The third-order valence-electron chi connectivity index (χ3n) is 7.60. The van der Waals surface area contributed by atoms with Gasteiger partial charge in [-0.1, -0.05) is 12.0 Å². The van der Waals surface area contributed by atoms with Gasteiger partial charge in [-0.25, -0.2) is 8.42 Å². The lowest BCUT2D eigenvalue weighted by Gasteiger charge is -2.32. The van der Waals surface area contributed by atoms with Gasteiger partial charge in [-0.15, -0.1) is 0 Å². The van der Waals surface area contributed by atoms with Gasteiger partial charge in [-0.2, -0.15) is 13.2 Å². The summed E-state index contributed by atoms with van der Waals surface area (Å²) in [5.41, 5.74) is 1.24. The molecule has 4 rings (SSSR count). The zero-order valence-electron chi connectivity index (χ0n) is 25.0. The molecule has 1 saturated heterocycles. The standard InChI is InChI=1S/C31H37F3N4O6S/c1-44-29-17-24(45(2,42)43)8-9-27(29)35-12-4-5-22-16-25-26(6-3-7-28(25)38(22)20-31(32,33)34)36-30(41)15-21-10-13-37(14-11-21)18-23(40)19-39/h3,6-9,16-17,21,23,35,39-40H,10-15,18-20H2,1-2H3,(H,36,41). The van der Waals surface area contributed by atoms with E-state index in [-0.39, 0.29) is 53.3 Å². The molecular weight excluding hydrogens is 613 g/mol. The number of aliphatic hydroxyl groups excluding tert-OH is 2. The minimum atomic E-state index is -4.52. The molecule has 1 aliphatic heterocycles. The molecule has 1 fully saturated rings. The van der Waals surface area contributed by atoms with E-state index in [0.29, 0.717) is 36.4 Å². The van der Waals surface area contributed by atoms with Gasteiger partial charge >= 0.3 is 6.18 Å². The number of nitrogens with one attached hydrogen (secondary N) is 2. The summed E-state index contributed by atoms with van der Waals surface area (Å²) >= 11 is 0. The number of aromatic nitrogens is 1. The lowest BCUT2D eigenvalue weighted by atomic mass is 9.93. The minimum absolute atomic E-state index is 0.0312. The van der Waals surface area contributed by atoms with Crippen molar-refractivity contribution in [3.63, 3.8) is 0 Å². The van der Waals surface area contributed by atoms with Gasteiger partial charge < -0.3 is 35.1 Å². The van der Waals surface area contributed by atoms with Crippen molar-refractivity contribution in [2.45, 2.75) is 43.0 Å². The number of β-amino-alcohol motifs (C(OH)–C–C–N with tert-alkyl or cyclic N) is 1. The number of sulfone groups is 1. The molecule has 4 N–H and O–H groups in total. The Morgan fingerprint density at radius 2 is 1.89 bits per heavy atom. The first-order valence-corrected chi connectivity index (χ1v) is 16.3. The molecule has 1 unspecified atom stereocenters. The molecule has 2 aromatic carbocycles. The summed E-state index contributed by atoms with van der Waals surface area (Å²) in [5, 5.41) is 25.0. The maximum Gasteiger partial charge on any atom is 0.406 e. The molecule has 0 bridgehead atoms.